The highest BCUT2D eigenvalue weighted by atomic mass is 35.5. The van der Waals surface area contributed by atoms with Crippen LogP contribution in [0.5, 0.6) is 11.5 Å². The number of aromatic nitrogens is 2. The topological polar surface area (TPSA) is 73.7 Å². The number of nitriles is 1. The first-order valence-electron chi connectivity index (χ1n) is 7.92. The van der Waals surface area contributed by atoms with Gasteiger partial charge in [0.05, 0.1) is 17.3 Å². The summed E-state index contributed by atoms with van der Waals surface area (Å²) in [4.78, 5) is 0. The molecule has 26 heavy (non-hydrogen) atoms. The Morgan fingerprint density at radius 1 is 1.15 bits per heavy atom. The van der Waals surface area contributed by atoms with Gasteiger partial charge >= 0.3 is 0 Å². The number of halogens is 2. The molecule has 3 rings (SSSR count). The number of H-pyrrole nitrogens is 1. The van der Waals surface area contributed by atoms with E-state index in [1.165, 1.54) is 0 Å². The summed E-state index contributed by atoms with van der Waals surface area (Å²) in [6.07, 6.45) is 0. The lowest BCUT2D eigenvalue weighted by atomic mass is 10.2. The SMILES string of the molecule is Cc1[nH]nc(CNCc2cccc(Cl)c2)c1Oc1cc(Cl)cc(C#N)c1. The molecule has 5 nitrogen and oxygen atoms in total. The Hall–Kier alpha value is -2.52. The lowest BCUT2D eigenvalue weighted by Crippen LogP contribution is -2.13. The van der Waals surface area contributed by atoms with Crippen LogP contribution in [0, 0.1) is 18.3 Å². The van der Waals surface area contributed by atoms with Gasteiger partial charge in [-0.25, -0.2) is 0 Å². The Bertz CT molecular complexity index is 962. The fraction of sp³-hybridized carbons (Fsp3) is 0.158. The predicted octanol–water partition coefficient (Wildman–Crippen LogP) is 4.98. The van der Waals surface area contributed by atoms with Crippen molar-refractivity contribution in [2.45, 2.75) is 20.0 Å². The number of rotatable bonds is 6. The minimum atomic E-state index is 0.439. The molecule has 1 heterocycles. The van der Waals surface area contributed by atoms with Gasteiger partial charge in [0.2, 0.25) is 0 Å². The number of ether oxygens (including phenoxy) is 1. The molecule has 0 saturated heterocycles. The summed E-state index contributed by atoms with van der Waals surface area (Å²) in [6, 6.07) is 14.6. The molecule has 0 fully saturated rings. The molecular weight excluding hydrogens is 371 g/mol. The van der Waals surface area contributed by atoms with Crippen LogP contribution in [0.1, 0.15) is 22.5 Å². The average Bonchev–Trinajstić information content (AvgIpc) is 2.95. The van der Waals surface area contributed by atoms with Crippen LogP contribution >= 0.6 is 23.2 Å². The summed E-state index contributed by atoms with van der Waals surface area (Å²) in [5.74, 6) is 1.12. The standard InChI is InChI=1S/C19H16Cl2N4O/c1-12-19(26-17-7-14(9-22)6-16(21)8-17)18(25-24-12)11-23-10-13-3-2-4-15(20)5-13/h2-8,23H,10-11H2,1H3,(H,24,25). The van der Waals surface area contributed by atoms with Gasteiger partial charge in [-0.15, -0.1) is 0 Å². The molecule has 1 aromatic heterocycles. The van der Waals surface area contributed by atoms with Gasteiger partial charge in [0.25, 0.3) is 0 Å². The zero-order valence-electron chi connectivity index (χ0n) is 14.0. The summed E-state index contributed by atoms with van der Waals surface area (Å²) in [5, 5.41) is 20.7. The minimum absolute atomic E-state index is 0.439. The average molecular weight is 387 g/mol. The highest BCUT2D eigenvalue weighted by molar-refractivity contribution is 6.31. The quantitative estimate of drug-likeness (QED) is 0.626. The maximum Gasteiger partial charge on any atom is 0.172 e. The van der Waals surface area contributed by atoms with Crippen LogP contribution in [0.25, 0.3) is 0 Å². The molecular formula is C19H16Cl2N4O. The Morgan fingerprint density at radius 3 is 2.77 bits per heavy atom. The highest BCUT2D eigenvalue weighted by Crippen LogP contribution is 2.30. The summed E-state index contributed by atoms with van der Waals surface area (Å²) in [6.45, 7) is 3.04. The molecule has 0 amide bonds. The van der Waals surface area contributed by atoms with E-state index in [4.69, 9.17) is 33.2 Å². The molecule has 0 aliphatic rings. The minimum Gasteiger partial charge on any atom is -0.453 e. The van der Waals surface area contributed by atoms with E-state index >= 15 is 0 Å². The summed E-state index contributed by atoms with van der Waals surface area (Å²) in [5.41, 5.74) is 3.06. The molecule has 132 valence electrons. The summed E-state index contributed by atoms with van der Waals surface area (Å²) in [7, 11) is 0. The number of hydrogen-bond acceptors (Lipinski definition) is 4. The molecule has 0 saturated carbocycles. The first-order valence-corrected chi connectivity index (χ1v) is 8.68. The van der Waals surface area contributed by atoms with E-state index in [2.05, 4.69) is 21.6 Å². The molecule has 2 aromatic carbocycles. The molecule has 0 aliphatic heterocycles. The number of nitrogens with zero attached hydrogens (tertiary/aromatic N) is 2. The Morgan fingerprint density at radius 2 is 2.00 bits per heavy atom. The van der Waals surface area contributed by atoms with E-state index in [9.17, 15) is 0 Å². The van der Waals surface area contributed by atoms with Crippen molar-refractivity contribution in [3.8, 4) is 17.6 Å². The van der Waals surface area contributed by atoms with Crippen molar-refractivity contribution in [2.24, 2.45) is 0 Å². The van der Waals surface area contributed by atoms with E-state index in [1.807, 2.05) is 31.2 Å². The van der Waals surface area contributed by atoms with Crippen LogP contribution < -0.4 is 10.1 Å². The first-order chi connectivity index (χ1) is 12.5. The van der Waals surface area contributed by atoms with Gasteiger partial charge in [-0.05, 0) is 42.8 Å². The van der Waals surface area contributed by atoms with E-state index in [1.54, 1.807) is 18.2 Å². The van der Waals surface area contributed by atoms with Crippen molar-refractivity contribution in [1.82, 2.24) is 15.5 Å². The molecule has 0 radical (unpaired) electrons. The molecule has 2 N–H and O–H groups in total. The fourth-order valence-electron chi connectivity index (χ4n) is 2.50. The lowest BCUT2D eigenvalue weighted by molar-refractivity contribution is 0.469. The smallest absolute Gasteiger partial charge is 0.172 e. The molecule has 3 aromatic rings. The number of nitrogens with one attached hydrogen (secondary N) is 2. The van der Waals surface area contributed by atoms with Crippen LogP contribution in [0.3, 0.4) is 0 Å². The predicted molar refractivity (Wildman–Crippen MR) is 102 cm³/mol. The fourth-order valence-corrected chi connectivity index (χ4v) is 2.94. The molecule has 0 aliphatic carbocycles. The van der Waals surface area contributed by atoms with Crippen molar-refractivity contribution in [3.63, 3.8) is 0 Å². The van der Waals surface area contributed by atoms with Crippen LogP contribution in [0.15, 0.2) is 42.5 Å². The number of hydrogen-bond donors (Lipinski definition) is 2. The van der Waals surface area contributed by atoms with Crippen molar-refractivity contribution >= 4 is 23.2 Å². The number of aromatic amines is 1. The van der Waals surface area contributed by atoms with Gasteiger partial charge in [0.1, 0.15) is 11.4 Å². The number of aryl methyl sites for hydroxylation is 1. The van der Waals surface area contributed by atoms with Crippen LogP contribution in [0.2, 0.25) is 10.0 Å². The normalized spacial score (nSPS) is 10.5. The largest absolute Gasteiger partial charge is 0.453 e. The summed E-state index contributed by atoms with van der Waals surface area (Å²) >= 11 is 12.0. The second-order valence-electron chi connectivity index (χ2n) is 5.75. The Balaban J connectivity index is 1.71. The van der Waals surface area contributed by atoms with Gasteiger partial charge in [-0.2, -0.15) is 10.4 Å². The van der Waals surface area contributed by atoms with Gasteiger partial charge in [-0.3, -0.25) is 5.10 Å². The molecule has 0 unspecified atom stereocenters. The maximum atomic E-state index is 9.06. The first kappa shape index (κ1) is 18.3. The summed E-state index contributed by atoms with van der Waals surface area (Å²) < 4.78 is 5.94. The molecule has 7 heteroatoms. The van der Waals surface area contributed by atoms with Gasteiger partial charge in [0, 0.05) is 23.1 Å². The Labute approximate surface area is 161 Å². The van der Waals surface area contributed by atoms with Gasteiger partial charge < -0.3 is 10.1 Å². The third-order valence-corrected chi connectivity index (χ3v) is 4.15. The van der Waals surface area contributed by atoms with Gasteiger partial charge in [-0.1, -0.05) is 35.3 Å². The second kappa shape index (κ2) is 8.24. The third-order valence-electron chi connectivity index (χ3n) is 3.69. The van der Waals surface area contributed by atoms with Crippen molar-refractivity contribution in [1.29, 1.82) is 5.26 Å². The molecule has 0 atom stereocenters. The van der Waals surface area contributed by atoms with E-state index in [0.29, 0.717) is 40.2 Å². The van der Waals surface area contributed by atoms with Crippen molar-refractivity contribution < 1.29 is 4.74 Å². The molecule has 0 spiro atoms. The van der Waals surface area contributed by atoms with Gasteiger partial charge in [0.15, 0.2) is 5.75 Å². The Kier molecular flexibility index (Phi) is 5.79. The maximum absolute atomic E-state index is 9.06. The highest BCUT2D eigenvalue weighted by Gasteiger charge is 2.13. The van der Waals surface area contributed by atoms with E-state index in [-0.39, 0.29) is 0 Å². The zero-order chi connectivity index (χ0) is 18.5. The van der Waals surface area contributed by atoms with Crippen molar-refractivity contribution in [2.75, 3.05) is 0 Å². The van der Waals surface area contributed by atoms with Crippen LogP contribution in [-0.2, 0) is 13.1 Å². The van der Waals surface area contributed by atoms with E-state index < -0.39 is 0 Å². The van der Waals surface area contributed by atoms with E-state index in [0.717, 1.165) is 17.0 Å². The lowest BCUT2D eigenvalue weighted by Gasteiger charge is -2.09. The zero-order valence-corrected chi connectivity index (χ0v) is 15.5. The molecule has 0 bridgehead atoms. The van der Waals surface area contributed by atoms with Crippen LogP contribution in [0.4, 0.5) is 0 Å². The monoisotopic (exact) mass is 386 g/mol. The number of benzene rings is 2. The van der Waals surface area contributed by atoms with Crippen LogP contribution in [-0.4, -0.2) is 10.2 Å². The second-order valence-corrected chi connectivity index (χ2v) is 6.62. The third kappa shape index (κ3) is 4.55. The van der Waals surface area contributed by atoms with Crippen molar-refractivity contribution in [3.05, 3.63) is 75.0 Å².